The second-order valence-corrected chi connectivity index (χ2v) is 28.9. The van der Waals surface area contributed by atoms with E-state index in [1.165, 1.54) is 173 Å². The summed E-state index contributed by atoms with van der Waals surface area (Å²) >= 11 is 0. The number of hydrogen-bond donors (Lipinski definition) is 12. The number of unbranched alkanes of at least 4 members (excludes halogenated alkanes) is 36. The summed E-state index contributed by atoms with van der Waals surface area (Å²) in [5.74, 6) is -0.290. The number of aliphatic hydroxyl groups excluding tert-OH is 11. The zero-order chi connectivity index (χ0) is 73.9. The molecule has 102 heavy (non-hydrogen) atoms. The maximum atomic E-state index is 13.5. The van der Waals surface area contributed by atoms with Crippen molar-refractivity contribution in [3.8, 4) is 0 Å². The molecule has 0 aliphatic carbocycles. The van der Waals surface area contributed by atoms with Gasteiger partial charge in [0, 0.05) is 6.42 Å². The molecule has 3 fully saturated rings. The first-order chi connectivity index (χ1) is 49.8. The van der Waals surface area contributed by atoms with Crippen LogP contribution in [0, 0.1) is 0 Å². The molecule has 17 unspecified atom stereocenters. The molecule has 3 rings (SSSR count). The third-order valence-corrected chi connectivity index (χ3v) is 19.9. The third-order valence-electron chi connectivity index (χ3n) is 19.9. The first-order valence-corrected chi connectivity index (χ1v) is 40.8. The van der Waals surface area contributed by atoms with Crippen molar-refractivity contribution in [2.45, 2.75) is 407 Å². The van der Waals surface area contributed by atoms with E-state index in [2.05, 4.69) is 92.1 Å². The molecule has 19 heteroatoms. The minimum atomic E-state index is -1.98. The predicted octanol–water partition coefficient (Wildman–Crippen LogP) is 13.8. The predicted molar refractivity (Wildman–Crippen MR) is 406 cm³/mol. The molecular formula is C83H147NO18. The summed E-state index contributed by atoms with van der Waals surface area (Å²) < 4.78 is 34.5. The van der Waals surface area contributed by atoms with E-state index in [-0.39, 0.29) is 18.9 Å². The molecule has 1 amide bonds. The summed E-state index contributed by atoms with van der Waals surface area (Å²) in [5.41, 5.74) is 0. The van der Waals surface area contributed by atoms with Crippen molar-refractivity contribution in [1.29, 1.82) is 0 Å². The number of rotatable bonds is 64. The van der Waals surface area contributed by atoms with Crippen LogP contribution in [0.5, 0.6) is 0 Å². The van der Waals surface area contributed by atoms with Crippen molar-refractivity contribution in [1.82, 2.24) is 5.32 Å². The molecule has 0 bridgehead atoms. The minimum absolute atomic E-state index is 0.222. The monoisotopic (exact) mass is 1450 g/mol. The highest BCUT2D eigenvalue weighted by molar-refractivity contribution is 5.76. The van der Waals surface area contributed by atoms with Crippen LogP contribution in [0.15, 0.2) is 85.1 Å². The van der Waals surface area contributed by atoms with Gasteiger partial charge in [0.05, 0.1) is 38.6 Å². The van der Waals surface area contributed by atoms with Gasteiger partial charge >= 0.3 is 0 Å². The van der Waals surface area contributed by atoms with E-state index in [1.54, 1.807) is 6.08 Å². The quantitative estimate of drug-likeness (QED) is 0.0199. The Morgan fingerprint density at radius 2 is 0.676 bits per heavy atom. The van der Waals surface area contributed by atoms with Crippen LogP contribution >= 0.6 is 0 Å². The van der Waals surface area contributed by atoms with Gasteiger partial charge in [0.25, 0.3) is 0 Å². The number of allylic oxidation sites excluding steroid dienone is 13. The van der Waals surface area contributed by atoms with Gasteiger partial charge in [-0.2, -0.15) is 0 Å². The maximum absolute atomic E-state index is 13.5. The minimum Gasteiger partial charge on any atom is -0.394 e. The van der Waals surface area contributed by atoms with Gasteiger partial charge in [0.2, 0.25) is 5.91 Å². The lowest BCUT2D eigenvalue weighted by atomic mass is 9.96. The van der Waals surface area contributed by atoms with Crippen molar-refractivity contribution >= 4 is 5.91 Å². The third kappa shape index (κ3) is 42.5. The molecule has 3 aliphatic heterocycles. The summed E-state index contributed by atoms with van der Waals surface area (Å²) in [6.07, 6.45) is 57.1. The Kier molecular flexibility index (Phi) is 57.5. The van der Waals surface area contributed by atoms with E-state index < -0.39 is 124 Å². The topological polar surface area (TPSA) is 307 Å². The van der Waals surface area contributed by atoms with E-state index in [9.17, 15) is 61.0 Å². The smallest absolute Gasteiger partial charge is 0.220 e. The van der Waals surface area contributed by atoms with Crippen LogP contribution < -0.4 is 5.32 Å². The van der Waals surface area contributed by atoms with E-state index in [0.29, 0.717) is 6.42 Å². The molecule has 0 spiro atoms. The standard InChI is InChI=1S/C83H147NO18/c1-3-5-7-9-11-13-15-17-19-21-23-25-27-29-30-31-32-33-34-35-37-38-40-42-44-46-48-50-52-54-56-58-60-67(88)66(84-71(89)61-59-57-55-53-51-49-47-45-43-41-39-36-28-26-24-22-20-18-16-14-12-10-8-6-4-2)65-97-81-77(95)74(92)79(69(63-86)99-81)102-83-78(96)75(93)80(70(64-87)100-83)101-82-76(94)73(91)72(90)68(62-85)98-82/h6,8,12,14,18,20,24,26,36,39,43,45,58,60,66-70,72-83,85-88,90-96H,3-5,7,9-11,13,15-17,19,21-23,25,27-35,37-38,40-42,44,46-57,59,61-65H2,1-2H3,(H,84,89)/b8-6-,14-12-,20-18-,26-24-,39-36-,45-43-,60-58+. The Morgan fingerprint density at radius 1 is 0.363 bits per heavy atom. The summed E-state index contributed by atoms with van der Waals surface area (Å²) in [4.78, 5) is 13.5. The Labute approximate surface area is 616 Å². The Morgan fingerprint density at radius 3 is 1.06 bits per heavy atom. The summed E-state index contributed by atoms with van der Waals surface area (Å²) in [6, 6.07) is -0.989. The molecule has 12 N–H and O–H groups in total. The Balaban J connectivity index is 1.38. The lowest BCUT2D eigenvalue weighted by Crippen LogP contribution is -2.66. The van der Waals surface area contributed by atoms with Gasteiger partial charge in [-0.1, -0.05) is 311 Å². The fourth-order valence-corrected chi connectivity index (χ4v) is 13.4. The van der Waals surface area contributed by atoms with Gasteiger partial charge in [-0.15, -0.1) is 0 Å². The summed E-state index contributed by atoms with van der Waals surface area (Å²) in [5, 5.41) is 121. The van der Waals surface area contributed by atoms with Gasteiger partial charge < -0.3 is 89.9 Å². The number of amides is 1. The van der Waals surface area contributed by atoms with Crippen molar-refractivity contribution in [3.63, 3.8) is 0 Å². The molecule has 17 atom stereocenters. The van der Waals surface area contributed by atoms with Crippen LogP contribution in [-0.2, 0) is 33.2 Å². The number of hydrogen-bond acceptors (Lipinski definition) is 18. The van der Waals surface area contributed by atoms with Crippen molar-refractivity contribution in [3.05, 3.63) is 85.1 Å². The van der Waals surface area contributed by atoms with Crippen LogP contribution in [0.4, 0.5) is 0 Å². The largest absolute Gasteiger partial charge is 0.394 e. The van der Waals surface area contributed by atoms with Crippen molar-refractivity contribution < 1.29 is 89.4 Å². The molecule has 19 nitrogen and oxygen atoms in total. The number of carbonyl (C=O) groups excluding carboxylic acids is 1. The van der Waals surface area contributed by atoms with E-state index >= 15 is 0 Å². The van der Waals surface area contributed by atoms with E-state index in [0.717, 1.165) is 103 Å². The molecule has 0 aromatic rings. The van der Waals surface area contributed by atoms with Gasteiger partial charge in [0.15, 0.2) is 18.9 Å². The number of ether oxygens (including phenoxy) is 6. The SMILES string of the molecule is CC/C=C\C/C=C\C/C=C\C/C=C\C/C=C\C/C=C\CCCCCCCCC(=O)NC(COC1OC(CO)C(OC2OC(CO)C(OC3OC(CO)C(O)C(O)C3O)C(O)C2O)C(O)C1O)C(O)/C=C/CCCCCCCCCCCCCCCCCCCCCCCCCCCCCCCC. The van der Waals surface area contributed by atoms with Gasteiger partial charge in [-0.3, -0.25) is 4.79 Å². The number of aliphatic hydroxyl groups is 11. The molecule has 0 aromatic carbocycles. The van der Waals surface area contributed by atoms with E-state index in [4.69, 9.17) is 28.4 Å². The highest BCUT2D eigenvalue weighted by atomic mass is 16.8. The first-order valence-electron chi connectivity index (χ1n) is 40.8. The number of nitrogens with one attached hydrogen (secondary N) is 1. The van der Waals surface area contributed by atoms with Crippen LogP contribution in [0.1, 0.15) is 303 Å². The zero-order valence-corrected chi connectivity index (χ0v) is 63.3. The molecular weight excluding hydrogens is 1300 g/mol. The zero-order valence-electron chi connectivity index (χ0n) is 63.3. The summed E-state index contributed by atoms with van der Waals surface area (Å²) in [6.45, 7) is 1.64. The lowest BCUT2D eigenvalue weighted by molar-refractivity contribution is -0.379. The highest BCUT2D eigenvalue weighted by Crippen LogP contribution is 2.33. The molecule has 3 aliphatic rings. The van der Waals surface area contributed by atoms with Gasteiger partial charge in [-0.25, -0.2) is 0 Å². The summed E-state index contributed by atoms with van der Waals surface area (Å²) in [7, 11) is 0. The lowest BCUT2D eigenvalue weighted by Gasteiger charge is -2.48. The first kappa shape index (κ1) is 93.2. The average Bonchev–Trinajstić information content (AvgIpc) is 0.781. The fraction of sp³-hybridized carbons (Fsp3) is 0.819. The number of carbonyl (C=O) groups is 1. The highest BCUT2D eigenvalue weighted by Gasteiger charge is 2.54. The van der Waals surface area contributed by atoms with Crippen molar-refractivity contribution in [2.75, 3.05) is 26.4 Å². The van der Waals surface area contributed by atoms with Gasteiger partial charge in [0.1, 0.15) is 73.2 Å². The van der Waals surface area contributed by atoms with E-state index in [1.807, 2.05) is 6.08 Å². The molecule has 0 radical (unpaired) electrons. The van der Waals surface area contributed by atoms with Crippen LogP contribution in [-0.4, -0.2) is 193 Å². The average molecular weight is 1450 g/mol. The second-order valence-electron chi connectivity index (χ2n) is 28.9. The molecule has 0 aromatic heterocycles. The van der Waals surface area contributed by atoms with Crippen LogP contribution in [0.2, 0.25) is 0 Å². The van der Waals surface area contributed by atoms with Crippen LogP contribution in [0.25, 0.3) is 0 Å². The van der Waals surface area contributed by atoms with Crippen LogP contribution in [0.3, 0.4) is 0 Å². The normalized spacial score (nSPS) is 26.6. The molecule has 3 saturated heterocycles. The molecule has 592 valence electrons. The maximum Gasteiger partial charge on any atom is 0.220 e. The fourth-order valence-electron chi connectivity index (χ4n) is 13.4. The Hall–Kier alpha value is -3.03. The second kappa shape index (κ2) is 63.0. The van der Waals surface area contributed by atoms with Gasteiger partial charge in [-0.05, 0) is 70.6 Å². The Bertz CT molecular complexity index is 2170. The van der Waals surface area contributed by atoms with Crippen molar-refractivity contribution in [2.24, 2.45) is 0 Å². The molecule has 3 heterocycles. The molecule has 0 saturated carbocycles.